The molecule has 0 unspecified atom stereocenters. The van der Waals surface area contributed by atoms with Crippen LogP contribution in [0.5, 0.6) is 5.75 Å². The van der Waals surface area contributed by atoms with E-state index in [-0.39, 0.29) is 28.8 Å². The Morgan fingerprint density at radius 3 is 2.00 bits per heavy atom. The summed E-state index contributed by atoms with van der Waals surface area (Å²) >= 11 is 0. The van der Waals surface area contributed by atoms with Gasteiger partial charge in [-0.3, -0.25) is 14.4 Å². The van der Waals surface area contributed by atoms with E-state index in [2.05, 4.69) is 20.7 Å². The number of benzene rings is 2. The lowest BCUT2D eigenvalue weighted by Crippen LogP contribution is -2.16. The molecule has 0 aliphatic carbocycles. The minimum atomic E-state index is -2.99. The summed E-state index contributed by atoms with van der Waals surface area (Å²) in [5.41, 5.74) is 1.39. The monoisotopic (exact) mass is 391 g/mol. The van der Waals surface area contributed by atoms with Gasteiger partial charge in [0.15, 0.2) is 0 Å². The fourth-order valence-corrected chi connectivity index (χ4v) is 2.48. The molecule has 148 valence electrons. The van der Waals surface area contributed by atoms with Gasteiger partial charge in [-0.2, -0.15) is 8.78 Å². The lowest BCUT2D eigenvalue weighted by molar-refractivity contribution is -0.115. The molecule has 2 rings (SSSR count). The van der Waals surface area contributed by atoms with Gasteiger partial charge in [0.2, 0.25) is 11.8 Å². The van der Waals surface area contributed by atoms with Gasteiger partial charge in [-0.1, -0.05) is 6.07 Å². The second kappa shape index (κ2) is 8.94. The fraction of sp³-hybridized carbons (Fsp3) is 0.211. The first-order valence-corrected chi connectivity index (χ1v) is 8.21. The molecular weight excluding hydrogens is 372 g/mol. The van der Waals surface area contributed by atoms with Crippen LogP contribution in [0.1, 0.15) is 29.8 Å². The maximum absolute atomic E-state index is 12.7. The predicted octanol–water partition coefficient (Wildman–Crippen LogP) is 3.77. The van der Waals surface area contributed by atoms with Crippen LogP contribution in [0, 0.1) is 6.92 Å². The van der Waals surface area contributed by atoms with Crippen molar-refractivity contribution in [2.75, 3.05) is 16.0 Å². The minimum Gasteiger partial charge on any atom is -0.434 e. The number of amides is 3. The molecule has 2 aromatic rings. The Bertz CT molecular complexity index is 882. The molecule has 0 aliphatic rings. The summed E-state index contributed by atoms with van der Waals surface area (Å²) in [4.78, 5) is 35.3. The number of ether oxygens (including phenoxy) is 1. The van der Waals surface area contributed by atoms with Crippen molar-refractivity contribution in [2.24, 2.45) is 0 Å². The quantitative estimate of drug-likeness (QED) is 0.698. The maximum Gasteiger partial charge on any atom is 0.387 e. The molecule has 0 bridgehead atoms. The second-order valence-corrected chi connectivity index (χ2v) is 5.92. The van der Waals surface area contributed by atoms with Crippen LogP contribution < -0.4 is 20.7 Å². The molecule has 9 heteroatoms. The van der Waals surface area contributed by atoms with Gasteiger partial charge >= 0.3 is 6.61 Å². The molecule has 0 aliphatic heterocycles. The number of nitrogens with one attached hydrogen (secondary N) is 3. The van der Waals surface area contributed by atoms with E-state index in [9.17, 15) is 23.2 Å². The summed E-state index contributed by atoms with van der Waals surface area (Å²) in [5.74, 6) is -1.31. The Hall–Kier alpha value is -3.49. The van der Waals surface area contributed by atoms with E-state index in [1.165, 1.54) is 57.2 Å². The summed E-state index contributed by atoms with van der Waals surface area (Å²) in [5, 5.41) is 7.70. The van der Waals surface area contributed by atoms with Gasteiger partial charge < -0.3 is 20.7 Å². The standard InChI is InChI=1S/C19H19F2N3O4/c1-10-16(5-4-6-17(10)28-19(20)21)24-18(27)13-7-14(22-11(2)25)9-15(8-13)23-12(3)26/h4-9,19H,1-3H3,(H,22,25)(H,23,26)(H,24,27). The van der Waals surface area contributed by atoms with Gasteiger partial charge in [0.1, 0.15) is 5.75 Å². The molecule has 0 aromatic heterocycles. The first kappa shape index (κ1) is 20.8. The highest BCUT2D eigenvalue weighted by Crippen LogP contribution is 2.28. The molecule has 0 heterocycles. The van der Waals surface area contributed by atoms with Crippen molar-refractivity contribution >= 4 is 34.8 Å². The van der Waals surface area contributed by atoms with Crippen LogP contribution in [0.25, 0.3) is 0 Å². The Labute approximate surface area is 160 Å². The van der Waals surface area contributed by atoms with E-state index >= 15 is 0 Å². The smallest absolute Gasteiger partial charge is 0.387 e. The highest BCUT2D eigenvalue weighted by Gasteiger charge is 2.15. The third-order valence-electron chi connectivity index (χ3n) is 3.58. The van der Waals surface area contributed by atoms with Gasteiger partial charge in [-0.15, -0.1) is 0 Å². The average Bonchev–Trinajstić information content (AvgIpc) is 2.56. The highest BCUT2D eigenvalue weighted by atomic mass is 19.3. The van der Waals surface area contributed by atoms with Gasteiger partial charge in [0.05, 0.1) is 0 Å². The van der Waals surface area contributed by atoms with Crippen molar-refractivity contribution in [3.05, 3.63) is 47.5 Å². The van der Waals surface area contributed by atoms with E-state index in [1.807, 2.05) is 0 Å². The molecule has 2 aromatic carbocycles. The molecule has 3 amide bonds. The predicted molar refractivity (Wildman–Crippen MR) is 101 cm³/mol. The molecule has 0 saturated carbocycles. The van der Waals surface area contributed by atoms with Crippen LogP contribution in [-0.2, 0) is 9.59 Å². The Morgan fingerprint density at radius 2 is 1.50 bits per heavy atom. The molecule has 0 saturated heterocycles. The number of carbonyl (C=O) groups excluding carboxylic acids is 3. The van der Waals surface area contributed by atoms with Gasteiger partial charge in [-0.05, 0) is 37.3 Å². The second-order valence-electron chi connectivity index (χ2n) is 5.92. The molecule has 28 heavy (non-hydrogen) atoms. The molecular formula is C19H19F2N3O4. The van der Waals surface area contributed by atoms with Crippen molar-refractivity contribution in [3.63, 3.8) is 0 Å². The number of hydrogen-bond donors (Lipinski definition) is 3. The van der Waals surface area contributed by atoms with Gasteiger partial charge in [0.25, 0.3) is 5.91 Å². The van der Waals surface area contributed by atoms with Crippen LogP contribution >= 0.6 is 0 Å². The molecule has 7 nitrogen and oxygen atoms in total. The first-order chi connectivity index (χ1) is 13.2. The van der Waals surface area contributed by atoms with Crippen molar-refractivity contribution in [1.82, 2.24) is 0 Å². The summed E-state index contributed by atoms with van der Waals surface area (Å²) in [6.45, 7) is 1.16. The Kier molecular flexibility index (Phi) is 6.64. The Morgan fingerprint density at radius 1 is 0.929 bits per heavy atom. The van der Waals surface area contributed by atoms with Crippen LogP contribution in [0.15, 0.2) is 36.4 Å². The van der Waals surface area contributed by atoms with E-state index in [4.69, 9.17) is 0 Å². The zero-order valence-electron chi connectivity index (χ0n) is 15.4. The van der Waals surface area contributed by atoms with Crippen LogP contribution in [0.4, 0.5) is 25.8 Å². The summed E-state index contributed by atoms with van der Waals surface area (Å²) in [6, 6.07) is 8.73. The molecule has 0 radical (unpaired) electrons. The lowest BCUT2D eigenvalue weighted by Gasteiger charge is -2.14. The molecule has 3 N–H and O–H groups in total. The van der Waals surface area contributed by atoms with Crippen molar-refractivity contribution < 1.29 is 27.9 Å². The summed E-state index contributed by atoms with van der Waals surface area (Å²) in [7, 11) is 0. The van der Waals surface area contributed by atoms with E-state index in [0.29, 0.717) is 16.9 Å². The SMILES string of the molecule is CC(=O)Nc1cc(NC(C)=O)cc(C(=O)Nc2cccc(OC(F)F)c2C)c1. The first-order valence-electron chi connectivity index (χ1n) is 8.21. The minimum absolute atomic E-state index is 0.0567. The third-order valence-corrected chi connectivity index (χ3v) is 3.58. The average molecular weight is 391 g/mol. The van der Waals surface area contributed by atoms with E-state index < -0.39 is 12.5 Å². The van der Waals surface area contributed by atoms with Crippen LogP contribution in [-0.4, -0.2) is 24.3 Å². The number of hydrogen-bond acceptors (Lipinski definition) is 4. The van der Waals surface area contributed by atoms with Crippen LogP contribution in [0.2, 0.25) is 0 Å². The number of alkyl halides is 2. The van der Waals surface area contributed by atoms with Crippen LogP contribution in [0.3, 0.4) is 0 Å². The van der Waals surface area contributed by atoms with Crippen molar-refractivity contribution in [3.8, 4) is 5.75 Å². The van der Waals surface area contributed by atoms with E-state index in [0.717, 1.165) is 0 Å². The number of carbonyl (C=O) groups is 3. The van der Waals surface area contributed by atoms with Gasteiger partial charge in [0, 0.05) is 42.0 Å². The zero-order valence-corrected chi connectivity index (χ0v) is 15.4. The maximum atomic E-state index is 12.7. The van der Waals surface area contributed by atoms with Crippen molar-refractivity contribution in [2.45, 2.75) is 27.4 Å². The number of anilines is 3. The summed E-state index contributed by atoms with van der Waals surface area (Å²) in [6.07, 6.45) is 0. The van der Waals surface area contributed by atoms with E-state index in [1.54, 1.807) is 0 Å². The molecule has 0 fully saturated rings. The number of rotatable bonds is 6. The fourth-order valence-electron chi connectivity index (χ4n) is 2.48. The topological polar surface area (TPSA) is 96.5 Å². The zero-order chi connectivity index (χ0) is 20.8. The molecule has 0 spiro atoms. The lowest BCUT2D eigenvalue weighted by atomic mass is 10.1. The molecule has 0 atom stereocenters. The normalized spacial score (nSPS) is 10.4. The highest BCUT2D eigenvalue weighted by molar-refractivity contribution is 6.07. The summed E-state index contributed by atoms with van der Waals surface area (Å²) < 4.78 is 29.4. The number of halogens is 2. The largest absolute Gasteiger partial charge is 0.434 e. The third kappa shape index (κ3) is 5.76. The Balaban J connectivity index is 2.33. The van der Waals surface area contributed by atoms with Gasteiger partial charge in [-0.25, -0.2) is 0 Å². The van der Waals surface area contributed by atoms with Crippen molar-refractivity contribution in [1.29, 1.82) is 0 Å².